The van der Waals surface area contributed by atoms with Crippen molar-refractivity contribution in [3.63, 3.8) is 0 Å². The van der Waals surface area contributed by atoms with Crippen LogP contribution in [0.15, 0.2) is 67.1 Å². The molecule has 36 heavy (non-hydrogen) atoms. The molecular weight excluding hydrogens is 454 g/mol. The van der Waals surface area contributed by atoms with Crippen LogP contribution in [0, 0.1) is 0 Å². The molecule has 1 fully saturated rings. The molecule has 4 aromatic rings. The molecule has 1 N–H and O–H groups in total. The Balaban J connectivity index is 1.16. The molecule has 1 aliphatic heterocycles. The molecule has 1 amide bonds. The van der Waals surface area contributed by atoms with Crippen molar-refractivity contribution in [2.75, 3.05) is 49.6 Å². The summed E-state index contributed by atoms with van der Waals surface area (Å²) in [4.78, 5) is 26.0. The second-order valence-electron chi connectivity index (χ2n) is 8.81. The van der Waals surface area contributed by atoms with E-state index in [0.717, 1.165) is 55.2 Å². The third-order valence-corrected chi connectivity index (χ3v) is 6.56. The lowest BCUT2D eigenvalue weighted by Gasteiger charge is -2.36. The van der Waals surface area contributed by atoms with E-state index in [4.69, 9.17) is 4.74 Å². The van der Waals surface area contributed by atoms with Crippen molar-refractivity contribution in [2.45, 2.75) is 19.4 Å². The molecule has 5 rings (SSSR count). The number of nitrogens with one attached hydrogen (secondary N) is 1. The van der Waals surface area contributed by atoms with E-state index in [1.165, 1.54) is 11.3 Å². The number of carbonyl (C=O) groups excluding carboxylic acids is 1. The van der Waals surface area contributed by atoms with Gasteiger partial charge in [0.25, 0.3) is 0 Å². The highest BCUT2D eigenvalue weighted by molar-refractivity contribution is 5.86. The van der Waals surface area contributed by atoms with Crippen molar-refractivity contribution in [3.05, 3.63) is 72.7 Å². The van der Waals surface area contributed by atoms with Crippen LogP contribution in [0.4, 0.5) is 11.5 Å². The number of hydrogen-bond acceptors (Lipinski definition) is 7. The summed E-state index contributed by atoms with van der Waals surface area (Å²) >= 11 is 0. The molecule has 2 aromatic carbocycles. The molecule has 9 heteroatoms. The number of hydrogen-bond donors (Lipinski definition) is 1. The van der Waals surface area contributed by atoms with Gasteiger partial charge >= 0.3 is 0 Å². The molecule has 0 unspecified atom stereocenters. The topological polar surface area (TPSA) is 88.4 Å². The van der Waals surface area contributed by atoms with Crippen LogP contribution in [0.25, 0.3) is 11.0 Å². The maximum Gasteiger partial charge on any atom is 0.220 e. The van der Waals surface area contributed by atoms with Crippen LogP contribution >= 0.6 is 0 Å². The quantitative estimate of drug-likeness (QED) is 0.390. The number of aromatic nitrogens is 4. The number of nitrogens with zero attached hydrogens (tertiary/aromatic N) is 6. The summed E-state index contributed by atoms with van der Waals surface area (Å²) in [5.41, 5.74) is 3.15. The normalized spacial score (nSPS) is 13.7. The SMILES string of the molecule is COc1ccc(N2CCN(c3ncnc4c3cnn4CCNC(=O)CCc3ccccc3)CC2)cc1. The largest absolute Gasteiger partial charge is 0.497 e. The Bertz CT molecular complexity index is 1280. The molecular formula is C27H31N7O2. The van der Waals surface area contributed by atoms with E-state index in [2.05, 4.69) is 42.3 Å². The summed E-state index contributed by atoms with van der Waals surface area (Å²) < 4.78 is 7.11. The highest BCUT2D eigenvalue weighted by Gasteiger charge is 2.21. The Hall–Kier alpha value is -4.14. The van der Waals surface area contributed by atoms with E-state index >= 15 is 0 Å². The smallest absolute Gasteiger partial charge is 0.220 e. The molecule has 9 nitrogen and oxygen atoms in total. The van der Waals surface area contributed by atoms with Crippen molar-refractivity contribution in [1.29, 1.82) is 0 Å². The van der Waals surface area contributed by atoms with Crippen molar-refractivity contribution in [1.82, 2.24) is 25.1 Å². The molecule has 0 bridgehead atoms. The van der Waals surface area contributed by atoms with Gasteiger partial charge in [-0.15, -0.1) is 0 Å². The van der Waals surface area contributed by atoms with E-state index in [1.807, 2.05) is 53.3 Å². The van der Waals surface area contributed by atoms with Gasteiger partial charge in [0.1, 0.15) is 17.9 Å². The summed E-state index contributed by atoms with van der Waals surface area (Å²) in [6, 6.07) is 18.2. The number of fused-ring (bicyclic) bond motifs is 1. The predicted molar refractivity (Wildman–Crippen MR) is 141 cm³/mol. The second kappa shape index (κ2) is 11.1. The highest BCUT2D eigenvalue weighted by atomic mass is 16.5. The van der Waals surface area contributed by atoms with Gasteiger partial charge in [-0.2, -0.15) is 5.10 Å². The number of amides is 1. The van der Waals surface area contributed by atoms with Crippen LogP contribution < -0.4 is 19.9 Å². The Morgan fingerprint density at radius 1 is 0.972 bits per heavy atom. The molecule has 0 atom stereocenters. The van der Waals surface area contributed by atoms with E-state index in [1.54, 1.807) is 13.4 Å². The molecule has 0 spiro atoms. The summed E-state index contributed by atoms with van der Waals surface area (Å²) in [5.74, 6) is 1.82. The standard InChI is InChI=1S/C27H31N7O2/c1-36-23-10-8-22(9-11-23)32-15-17-33(18-16-32)26-24-19-31-34(27(24)30-20-29-26)14-13-28-25(35)12-7-21-5-3-2-4-6-21/h2-6,8-11,19-20H,7,12-18H2,1H3,(H,28,35). The Morgan fingerprint density at radius 2 is 1.72 bits per heavy atom. The molecule has 3 heterocycles. The van der Waals surface area contributed by atoms with Crippen molar-refractivity contribution in [2.24, 2.45) is 0 Å². The minimum atomic E-state index is 0.0420. The first-order chi connectivity index (χ1) is 17.7. The minimum Gasteiger partial charge on any atom is -0.497 e. The van der Waals surface area contributed by atoms with Gasteiger partial charge in [-0.3, -0.25) is 4.79 Å². The lowest BCUT2D eigenvalue weighted by Crippen LogP contribution is -2.46. The zero-order valence-corrected chi connectivity index (χ0v) is 20.5. The molecule has 0 saturated carbocycles. The fourth-order valence-corrected chi connectivity index (χ4v) is 4.56. The molecule has 186 valence electrons. The van der Waals surface area contributed by atoms with Crippen LogP contribution in [0.3, 0.4) is 0 Å². The van der Waals surface area contributed by atoms with Gasteiger partial charge in [0.2, 0.25) is 5.91 Å². The number of anilines is 2. The minimum absolute atomic E-state index is 0.0420. The third-order valence-electron chi connectivity index (χ3n) is 6.56. The van der Waals surface area contributed by atoms with Crippen molar-refractivity contribution in [3.8, 4) is 5.75 Å². The van der Waals surface area contributed by atoms with Gasteiger partial charge in [-0.1, -0.05) is 30.3 Å². The number of rotatable bonds is 9. The number of aryl methyl sites for hydroxylation is 1. The molecule has 2 aromatic heterocycles. The number of carbonyl (C=O) groups is 1. The van der Waals surface area contributed by atoms with E-state index in [0.29, 0.717) is 19.5 Å². The van der Waals surface area contributed by atoms with Gasteiger partial charge in [0.15, 0.2) is 5.65 Å². The van der Waals surface area contributed by atoms with Crippen LogP contribution in [0.5, 0.6) is 5.75 Å². The van der Waals surface area contributed by atoms with Gasteiger partial charge in [0.05, 0.1) is 25.2 Å². The van der Waals surface area contributed by atoms with Gasteiger partial charge < -0.3 is 19.9 Å². The predicted octanol–water partition coefficient (Wildman–Crippen LogP) is 2.91. The van der Waals surface area contributed by atoms with Crippen LogP contribution in [-0.4, -0.2) is 65.5 Å². The van der Waals surface area contributed by atoms with Crippen LogP contribution in [0.1, 0.15) is 12.0 Å². The molecule has 1 saturated heterocycles. The highest BCUT2D eigenvalue weighted by Crippen LogP contribution is 2.26. The summed E-state index contributed by atoms with van der Waals surface area (Å²) in [6.45, 7) is 4.59. The average molecular weight is 486 g/mol. The second-order valence-corrected chi connectivity index (χ2v) is 8.81. The maximum absolute atomic E-state index is 12.2. The Kier molecular flexibility index (Phi) is 7.25. The van der Waals surface area contributed by atoms with Crippen molar-refractivity contribution < 1.29 is 9.53 Å². The van der Waals surface area contributed by atoms with Crippen molar-refractivity contribution >= 4 is 28.4 Å². The van der Waals surface area contributed by atoms with Gasteiger partial charge in [-0.25, -0.2) is 14.6 Å². The maximum atomic E-state index is 12.2. The van der Waals surface area contributed by atoms with Crippen LogP contribution in [-0.2, 0) is 17.8 Å². The zero-order valence-electron chi connectivity index (χ0n) is 20.5. The first-order valence-electron chi connectivity index (χ1n) is 12.3. The van der Waals surface area contributed by atoms with E-state index in [-0.39, 0.29) is 5.91 Å². The third kappa shape index (κ3) is 5.40. The first-order valence-corrected chi connectivity index (χ1v) is 12.3. The number of ether oxygens (including phenoxy) is 1. The fraction of sp³-hybridized carbons (Fsp3) is 0.333. The lowest BCUT2D eigenvalue weighted by molar-refractivity contribution is -0.121. The summed E-state index contributed by atoms with van der Waals surface area (Å²) in [5, 5.41) is 8.46. The number of piperazine rings is 1. The zero-order chi connectivity index (χ0) is 24.7. The monoisotopic (exact) mass is 485 g/mol. The fourth-order valence-electron chi connectivity index (χ4n) is 4.56. The Labute approximate surface area is 210 Å². The summed E-state index contributed by atoms with van der Waals surface area (Å²) in [6.07, 6.45) is 4.64. The Morgan fingerprint density at radius 3 is 2.47 bits per heavy atom. The molecule has 0 radical (unpaired) electrons. The van der Waals surface area contributed by atoms with Gasteiger partial charge in [-0.05, 0) is 36.2 Å². The van der Waals surface area contributed by atoms with Gasteiger partial charge in [0, 0.05) is 44.8 Å². The molecule has 0 aliphatic carbocycles. The summed E-state index contributed by atoms with van der Waals surface area (Å²) in [7, 11) is 1.68. The molecule has 1 aliphatic rings. The van der Waals surface area contributed by atoms with E-state index < -0.39 is 0 Å². The lowest BCUT2D eigenvalue weighted by atomic mass is 10.1. The number of methoxy groups -OCH3 is 1. The number of benzene rings is 2. The van der Waals surface area contributed by atoms with E-state index in [9.17, 15) is 4.79 Å². The van der Waals surface area contributed by atoms with Crippen LogP contribution in [0.2, 0.25) is 0 Å². The average Bonchev–Trinajstić information content (AvgIpc) is 3.36. The first kappa shape index (κ1) is 23.6.